The van der Waals surface area contributed by atoms with Crippen molar-refractivity contribution in [3.8, 4) is 5.69 Å². The zero-order valence-electron chi connectivity index (χ0n) is 13.7. The number of hydrogen-bond donors (Lipinski definition) is 0. The third kappa shape index (κ3) is 3.03. The van der Waals surface area contributed by atoms with Crippen molar-refractivity contribution in [3.63, 3.8) is 0 Å². The molecule has 4 rings (SSSR count). The summed E-state index contributed by atoms with van der Waals surface area (Å²) < 4.78 is 1.53. The molecule has 0 N–H and O–H groups in total. The average Bonchev–Trinajstić information content (AvgIpc) is 2.68. The van der Waals surface area contributed by atoms with Crippen molar-refractivity contribution in [1.29, 1.82) is 0 Å². The van der Waals surface area contributed by atoms with E-state index in [0.29, 0.717) is 27.4 Å². The van der Waals surface area contributed by atoms with Gasteiger partial charge in [-0.1, -0.05) is 41.9 Å². The Morgan fingerprint density at radius 1 is 0.885 bits per heavy atom. The summed E-state index contributed by atoms with van der Waals surface area (Å²) in [6.45, 7) is 0. The SMILES string of the molecule is O=c1c2ccccc2nc(/C=C/c2ccccn2)n1-c1ccccc1Cl. The lowest BCUT2D eigenvalue weighted by Crippen LogP contribution is -2.22. The van der Waals surface area contributed by atoms with Gasteiger partial charge in [0.2, 0.25) is 0 Å². The molecule has 0 bridgehead atoms. The third-order valence-corrected chi connectivity index (χ3v) is 4.31. The number of hydrogen-bond acceptors (Lipinski definition) is 3. The van der Waals surface area contributed by atoms with Gasteiger partial charge in [0.15, 0.2) is 0 Å². The van der Waals surface area contributed by atoms with Crippen molar-refractivity contribution >= 4 is 34.7 Å². The fourth-order valence-corrected chi connectivity index (χ4v) is 2.98. The Labute approximate surface area is 155 Å². The minimum atomic E-state index is -0.163. The smallest absolute Gasteiger partial charge is 0.266 e. The first kappa shape index (κ1) is 16.2. The van der Waals surface area contributed by atoms with Crippen LogP contribution in [0.25, 0.3) is 28.7 Å². The molecule has 0 atom stereocenters. The quantitative estimate of drug-likeness (QED) is 0.537. The Kier molecular flexibility index (Phi) is 4.33. The Bertz CT molecular complexity index is 1170. The molecule has 0 aliphatic carbocycles. The van der Waals surface area contributed by atoms with Crippen LogP contribution >= 0.6 is 11.6 Å². The van der Waals surface area contributed by atoms with E-state index in [0.717, 1.165) is 5.69 Å². The second-order valence-electron chi connectivity index (χ2n) is 5.67. The number of nitrogens with zero attached hydrogens (tertiary/aromatic N) is 3. The molecule has 0 aliphatic rings. The largest absolute Gasteiger partial charge is 0.268 e. The highest BCUT2D eigenvalue weighted by molar-refractivity contribution is 6.32. The van der Waals surface area contributed by atoms with Crippen molar-refractivity contribution in [1.82, 2.24) is 14.5 Å². The highest BCUT2D eigenvalue weighted by Gasteiger charge is 2.13. The predicted octanol–water partition coefficient (Wildman–Crippen LogP) is 4.60. The Balaban J connectivity index is 1.99. The lowest BCUT2D eigenvalue weighted by molar-refractivity contribution is 0.944. The number of pyridine rings is 1. The molecule has 4 nitrogen and oxygen atoms in total. The van der Waals surface area contributed by atoms with Crippen molar-refractivity contribution in [2.45, 2.75) is 0 Å². The molecule has 0 radical (unpaired) electrons. The normalized spacial score (nSPS) is 11.3. The number of benzene rings is 2. The van der Waals surface area contributed by atoms with Crippen molar-refractivity contribution < 1.29 is 0 Å². The molecule has 0 saturated heterocycles. The fourth-order valence-electron chi connectivity index (χ4n) is 2.76. The molecule has 0 fully saturated rings. The van der Waals surface area contributed by atoms with Gasteiger partial charge >= 0.3 is 0 Å². The first-order valence-corrected chi connectivity index (χ1v) is 8.47. The number of fused-ring (bicyclic) bond motifs is 1. The summed E-state index contributed by atoms with van der Waals surface area (Å²) in [6.07, 6.45) is 5.32. The fraction of sp³-hybridized carbons (Fsp3) is 0. The molecule has 0 aliphatic heterocycles. The molecule has 5 heteroatoms. The summed E-state index contributed by atoms with van der Waals surface area (Å²) in [7, 11) is 0. The van der Waals surface area contributed by atoms with Gasteiger partial charge in [0, 0.05) is 6.20 Å². The van der Waals surface area contributed by atoms with Gasteiger partial charge in [-0.3, -0.25) is 14.3 Å². The zero-order valence-corrected chi connectivity index (χ0v) is 14.5. The molecule has 0 spiro atoms. The van der Waals surface area contributed by atoms with Crippen LogP contribution < -0.4 is 5.56 Å². The minimum absolute atomic E-state index is 0.163. The molecule has 2 heterocycles. The van der Waals surface area contributed by atoms with Crippen LogP contribution in [-0.4, -0.2) is 14.5 Å². The highest BCUT2D eigenvalue weighted by atomic mass is 35.5. The second kappa shape index (κ2) is 6.94. The van der Waals surface area contributed by atoms with Crippen molar-refractivity contribution in [2.24, 2.45) is 0 Å². The summed E-state index contributed by atoms with van der Waals surface area (Å²) in [6, 6.07) is 20.2. The Morgan fingerprint density at radius 2 is 1.65 bits per heavy atom. The van der Waals surface area contributed by atoms with Gasteiger partial charge in [0.1, 0.15) is 5.82 Å². The Hall–Kier alpha value is -3.24. The molecule has 26 heavy (non-hydrogen) atoms. The van der Waals surface area contributed by atoms with Crippen LogP contribution in [0.2, 0.25) is 5.02 Å². The van der Waals surface area contributed by atoms with E-state index in [1.165, 1.54) is 4.57 Å². The lowest BCUT2D eigenvalue weighted by Gasteiger charge is -2.12. The van der Waals surface area contributed by atoms with Crippen LogP contribution in [0.15, 0.2) is 77.7 Å². The summed E-state index contributed by atoms with van der Waals surface area (Å²) in [5.41, 5.74) is 1.85. The highest BCUT2D eigenvalue weighted by Crippen LogP contribution is 2.21. The molecule has 2 aromatic carbocycles. The molecule has 0 unspecified atom stereocenters. The van der Waals surface area contributed by atoms with Crippen LogP contribution in [0.4, 0.5) is 0 Å². The van der Waals surface area contributed by atoms with E-state index in [2.05, 4.69) is 9.97 Å². The molecule has 126 valence electrons. The van der Waals surface area contributed by atoms with E-state index in [9.17, 15) is 4.79 Å². The average molecular weight is 360 g/mol. The summed E-state index contributed by atoms with van der Waals surface area (Å²) in [5.74, 6) is 0.493. The van der Waals surface area contributed by atoms with E-state index in [4.69, 9.17) is 11.6 Å². The monoisotopic (exact) mass is 359 g/mol. The topological polar surface area (TPSA) is 47.8 Å². The summed E-state index contributed by atoms with van der Waals surface area (Å²) >= 11 is 6.35. The van der Waals surface area contributed by atoms with Gasteiger partial charge in [-0.25, -0.2) is 4.98 Å². The van der Waals surface area contributed by atoms with Gasteiger partial charge in [-0.05, 0) is 48.6 Å². The van der Waals surface area contributed by atoms with Crippen molar-refractivity contribution in [3.05, 3.63) is 99.8 Å². The first-order chi connectivity index (χ1) is 12.7. The molecular formula is C21H14ClN3O. The van der Waals surface area contributed by atoms with Gasteiger partial charge in [-0.2, -0.15) is 0 Å². The second-order valence-corrected chi connectivity index (χ2v) is 6.07. The number of para-hydroxylation sites is 2. The first-order valence-electron chi connectivity index (χ1n) is 8.10. The molecule has 0 saturated carbocycles. The maximum absolute atomic E-state index is 13.1. The van der Waals surface area contributed by atoms with Crippen LogP contribution in [0, 0.1) is 0 Å². The van der Waals surface area contributed by atoms with Crippen LogP contribution in [-0.2, 0) is 0 Å². The van der Waals surface area contributed by atoms with E-state index in [1.54, 1.807) is 30.5 Å². The van der Waals surface area contributed by atoms with Gasteiger partial charge in [0.05, 0.1) is 27.3 Å². The predicted molar refractivity (Wildman–Crippen MR) is 106 cm³/mol. The molecule has 0 amide bonds. The standard InChI is InChI=1S/C21H14ClN3O/c22-17-9-2-4-11-19(17)25-20(13-12-15-7-5-6-14-23-15)24-18-10-3-1-8-16(18)21(25)26/h1-14H/b13-12+. The van der Waals surface area contributed by atoms with E-state index in [-0.39, 0.29) is 5.56 Å². The van der Waals surface area contributed by atoms with E-state index < -0.39 is 0 Å². The maximum Gasteiger partial charge on any atom is 0.266 e. The van der Waals surface area contributed by atoms with Gasteiger partial charge in [0.25, 0.3) is 5.56 Å². The zero-order chi connectivity index (χ0) is 17.9. The number of rotatable bonds is 3. The summed E-state index contributed by atoms with van der Waals surface area (Å²) in [5, 5.41) is 1.03. The molecular weight excluding hydrogens is 346 g/mol. The van der Waals surface area contributed by atoms with E-state index in [1.807, 2.05) is 54.6 Å². The Morgan fingerprint density at radius 3 is 2.46 bits per heavy atom. The van der Waals surface area contributed by atoms with Crippen LogP contribution in [0.1, 0.15) is 11.5 Å². The number of aromatic nitrogens is 3. The maximum atomic E-state index is 13.1. The molecule has 2 aromatic heterocycles. The lowest BCUT2D eigenvalue weighted by atomic mass is 10.2. The molecule has 4 aromatic rings. The summed E-state index contributed by atoms with van der Waals surface area (Å²) in [4.78, 5) is 22.1. The van der Waals surface area contributed by atoms with Crippen LogP contribution in [0.5, 0.6) is 0 Å². The van der Waals surface area contributed by atoms with Crippen LogP contribution in [0.3, 0.4) is 0 Å². The van der Waals surface area contributed by atoms with Gasteiger partial charge < -0.3 is 0 Å². The third-order valence-electron chi connectivity index (χ3n) is 3.99. The van der Waals surface area contributed by atoms with E-state index >= 15 is 0 Å². The van der Waals surface area contributed by atoms with Crippen molar-refractivity contribution in [2.75, 3.05) is 0 Å². The van der Waals surface area contributed by atoms with Gasteiger partial charge in [-0.15, -0.1) is 0 Å². The minimum Gasteiger partial charge on any atom is -0.268 e. The number of halogens is 1.